The third kappa shape index (κ3) is 0.851. The summed E-state index contributed by atoms with van der Waals surface area (Å²) in [5, 5.41) is 0. The molecule has 2 heterocycles. The molecule has 1 saturated carbocycles. The summed E-state index contributed by atoms with van der Waals surface area (Å²) in [5.41, 5.74) is 0.662. The Morgan fingerprint density at radius 3 is 3.15 bits per heavy atom. The fourth-order valence-corrected chi connectivity index (χ4v) is 2.26. The van der Waals surface area contributed by atoms with Crippen LogP contribution in [-0.4, -0.2) is 24.0 Å². The number of Topliss-reactive ketones (excluding diaryl/α,β-unsaturated/α-hetero) is 1. The van der Waals surface area contributed by atoms with E-state index in [1.165, 1.54) is 0 Å². The van der Waals surface area contributed by atoms with E-state index in [0.29, 0.717) is 12.5 Å². The molecule has 0 bridgehead atoms. The van der Waals surface area contributed by atoms with Gasteiger partial charge >= 0.3 is 0 Å². The monoisotopic (exact) mass is 177 g/mol. The van der Waals surface area contributed by atoms with E-state index in [2.05, 4.69) is 4.98 Å². The highest BCUT2D eigenvalue weighted by Crippen LogP contribution is 2.58. The first-order valence-electron chi connectivity index (χ1n) is 4.58. The highest BCUT2D eigenvalue weighted by Gasteiger charge is 2.63. The second kappa shape index (κ2) is 2.23. The fourth-order valence-electron chi connectivity index (χ4n) is 2.26. The minimum absolute atomic E-state index is 0.137. The zero-order valence-corrected chi connectivity index (χ0v) is 7.25. The number of ether oxygens (including phenoxy) is 1. The predicted octanol–water partition coefficient (Wildman–Crippen LogP) is 1.23. The Morgan fingerprint density at radius 1 is 1.69 bits per heavy atom. The number of rotatable bonds is 2. The first-order valence-corrected chi connectivity index (χ1v) is 4.58. The molecule has 0 spiro atoms. The molecule has 3 heteroatoms. The van der Waals surface area contributed by atoms with Gasteiger partial charge in [0.05, 0.1) is 18.6 Å². The Bertz CT molecular complexity index is 344. The Hall–Kier alpha value is -1.09. The van der Waals surface area contributed by atoms with Gasteiger partial charge in [0.1, 0.15) is 0 Å². The number of aromatic amines is 1. The lowest BCUT2D eigenvalue weighted by Crippen LogP contribution is -2.19. The lowest BCUT2D eigenvalue weighted by Gasteiger charge is -2.07. The van der Waals surface area contributed by atoms with Crippen molar-refractivity contribution in [2.45, 2.75) is 6.42 Å². The van der Waals surface area contributed by atoms with Crippen LogP contribution in [-0.2, 0) is 4.74 Å². The molecule has 2 unspecified atom stereocenters. The number of hydrogen-bond donors (Lipinski definition) is 1. The molecule has 1 saturated heterocycles. The van der Waals surface area contributed by atoms with Gasteiger partial charge in [0, 0.05) is 18.0 Å². The standard InChI is InChI=1S/C10H11NO2/c12-9(7-1-2-11-4-7)10-3-8(10)5-13-6-10/h1-2,4,8,11H,3,5-6H2. The van der Waals surface area contributed by atoms with Crippen molar-refractivity contribution >= 4 is 5.78 Å². The molecule has 1 aliphatic heterocycles. The molecule has 2 fully saturated rings. The first kappa shape index (κ1) is 7.33. The SMILES string of the molecule is O=C(c1cc[nH]c1)C12COCC1C2. The summed E-state index contributed by atoms with van der Waals surface area (Å²) in [7, 11) is 0. The Kier molecular flexibility index (Phi) is 1.26. The summed E-state index contributed by atoms with van der Waals surface area (Å²) < 4.78 is 5.30. The van der Waals surface area contributed by atoms with Crippen molar-refractivity contribution in [1.82, 2.24) is 4.98 Å². The van der Waals surface area contributed by atoms with E-state index < -0.39 is 0 Å². The van der Waals surface area contributed by atoms with Gasteiger partial charge in [0.2, 0.25) is 0 Å². The smallest absolute Gasteiger partial charge is 0.173 e. The van der Waals surface area contributed by atoms with Gasteiger partial charge in [0.15, 0.2) is 5.78 Å². The van der Waals surface area contributed by atoms with Gasteiger partial charge in [-0.25, -0.2) is 0 Å². The quantitative estimate of drug-likeness (QED) is 0.690. The van der Waals surface area contributed by atoms with Gasteiger partial charge in [-0.15, -0.1) is 0 Å². The lowest BCUT2D eigenvalue weighted by molar-refractivity contribution is 0.0829. The van der Waals surface area contributed by atoms with E-state index in [1.54, 1.807) is 12.4 Å². The molecule has 1 N–H and O–H groups in total. The molecule has 2 atom stereocenters. The molecule has 0 aromatic carbocycles. The molecule has 2 aliphatic rings. The van der Waals surface area contributed by atoms with Gasteiger partial charge in [-0.3, -0.25) is 4.79 Å². The maximum absolute atomic E-state index is 12.0. The van der Waals surface area contributed by atoms with Gasteiger partial charge in [-0.1, -0.05) is 0 Å². The van der Waals surface area contributed by atoms with Gasteiger partial charge in [-0.2, -0.15) is 0 Å². The van der Waals surface area contributed by atoms with E-state index in [9.17, 15) is 4.79 Å². The molecule has 3 rings (SSSR count). The van der Waals surface area contributed by atoms with Crippen LogP contribution >= 0.6 is 0 Å². The lowest BCUT2D eigenvalue weighted by atomic mass is 9.96. The molecule has 3 nitrogen and oxygen atoms in total. The van der Waals surface area contributed by atoms with Crippen molar-refractivity contribution < 1.29 is 9.53 Å². The number of H-pyrrole nitrogens is 1. The van der Waals surface area contributed by atoms with E-state index >= 15 is 0 Å². The van der Waals surface area contributed by atoms with Crippen LogP contribution in [0.2, 0.25) is 0 Å². The molecule has 0 amide bonds. The van der Waals surface area contributed by atoms with E-state index in [-0.39, 0.29) is 11.2 Å². The highest BCUT2D eigenvalue weighted by atomic mass is 16.5. The topological polar surface area (TPSA) is 42.1 Å². The summed E-state index contributed by atoms with van der Waals surface area (Å²) in [6, 6.07) is 1.84. The number of aromatic nitrogens is 1. The average Bonchev–Trinajstić information content (AvgIpc) is 2.63. The third-order valence-electron chi connectivity index (χ3n) is 3.22. The van der Waals surface area contributed by atoms with Crippen LogP contribution < -0.4 is 0 Å². The van der Waals surface area contributed by atoms with Crippen LogP contribution in [0, 0.1) is 11.3 Å². The Morgan fingerprint density at radius 2 is 2.62 bits per heavy atom. The number of nitrogens with one attached hydrogen (secondary N) is 1. The second-order valence-corrected chi connectivity index (χ2v) is 4.00. The van der Waals surface area contributed by atoms with Crippen molar-refractivity contribution in [3.8, 4) is 0 Å². The van der Waals surface area contributed by atoms with E-state index in [4.69, 9.17) is 4.74 Å². The number of carbonyl (C=O) groups is 1. The van der Waals surface area contributed by atoms with Crippen LogP contribution in [0.1, 0.15) is 16.8 Å². The minimum atomic E-state index is -0.137. The summed E-state index contributed by atoms with van der Waals surface area (Å²) >= 11 is 0. The maximum atomic E-state index is 12.0. The zero-order chi connectivity index (χ0) is 8.89. The van der Waals surface area contributed by atoms with Crippen LogP contribution in [0.25, 0.3) is 0 Å². The van der Waals surface area contributed by atoms with Crippen molar-refractivity contribution in [3.05, 3.63) is 24.0 Å². The normalized spacial score (nSPS) is 35.8. The van der Waals surface area contributed by atoms with Crippen molar-refractivity contribution in [2.24, 2.45) is 11.3 Å². The molecule has 1 aliphatic carbocycles. The molecular formula is C10H11NO2. The van der Waals surface area contributed by atoms with Crippen molar-refractivity contribution in [2.75, 3.05) is 13.2 Å². The zero-order valence-electron chi connectivity index (χ0n) is 7.25. The highest BCUT2D eigenvalue weighted by molar-refractivity contribution is 6.02. The maximum Gasteiger partial charge on any atom is 0.173 e. The number of carbonyl (C=O) groups excluding carboxylic acids is 1. The summed E-state index contributed by atoms with van der Waals surface area (Å²) in [5.74, 6) is 0.756. The molecular weight excluding hydrogens is 166 g/mol. The van der Waals surface area contributed by atoms with Gasteiger partial charge in [-0.05, 0) is 18.4 Å². The summed E-state index contributed by atoms with van der Waals surface area (Å²) in [6.45, 7) is 1.40. The Labute approximate surface area is 76.1 Å². The largest absolute Gasteiger partial charge is 0.380 e. The van der Waals surface area contributed by atoms with Gasteiger partial charge in [0.25, 0.3) is 0 Å². The second-order valence-electron chi connectivity index (χ2n) is 4.00. The van der Waals surface area contributed by atoms with Gasteiger partial charge < -0.3 is 9.72 Å². The van der Waals surface area contributed by atoms with E-state index in [0.717, 1.165) is 18.6 Å². The van der Waals surface area contributed by atoms with Crippen LogP contribution in [0.3, 0.4) is 0 Å². The van der Waals surface area contributed by atoms with Crippen LogP contribution in [0.5, 0.6) is 0 Å². The molecule has 1 aromatic heterocycles. The van der Waals surface area contributed by atoms with Crippen LogP contribution in [0.4, 0.5) is 0 Å². The molecule has 1 aromatic rings. The summed E-state index contributed by atoms with van der Waals surface area (Å²) in [4.78, 5) is 14.9. The molecule has 0 radical (unpaired) electrons. The fraction of sp³-hybridized carbons (Fsp3) is 0.500. The number of hydrogen-bond acceptors (Lipinski definition) is 2. The van der Waals surface area contributed by atoms with E-state index in [1.807, 2.05) is 6.07 Å². The average molecular weight is 177 g/mol. The van der Waals surface area contributed by atoms with Crippen molar-refractivity contribution in [3.63, 3.8) is 0 Å². The minimum Gasteiger partial charge on any atom is -0.380 e. The Balaban J connectivity index is 1.91. The number of fused-ring (bicyclic) bond motifs is 1. The summed E-state index contributed by atoms with van der Waals surface area (Å²) in [6.07, 6.45) is 4.58. The first-order chi connectivity index (χ1) is 6.33. The predicted molar refractivity (Wildman–Crippen MR) is 46.5 cm³/mol. The van der Waals surface area contributed by atoms with Crippen LogP contribution in [0.15, 0.2) is 18.5 Å². The third-order valence-corrected chi connectivity index (χ3v) is 3.22. The molecule has 13 heavy (non-hydrogen) atoms. The number of ketones is 1. The molecule has 68 valence electrons. The van der Waals surface area contributed by atoms with Crippen molar-refractivity contribution in [1.29, 1.82) is 0 Å².